The van der Waals surface area contributed by atoms with Crippen LogP contribution in [0.25, 0.3) is 0 Å². The smallest absolute Gasteiger partial charge is 0.0636 e. The molecule has 0 bridgehead atoms. The van der Waals surface area contributed by atoms with E-state index in [1.165, 1.54) is 12.8 Å². The Morgan fingerprint density at radius 1 is 1.54 bits per heavy atom. The number of likely N-dealkylation sites (N-methyl/N-ethyl adjacent to an activating group) is 1. The molecule has 0 aromatic rings. The molecule has 1 aliphatic carbocycles. The summed E-state index contributed by atoms with van der Waals surface area (Å²) in [5.74, 6) is 0. The molecule has 0 saturated heterocycles. The van der Waals surface area contributed by atoms with Crippen molar-refractivity contribution < 1.29 is 5.11 Å². The molecule has 1 atom stereocenters. The topological polar surface area (TPSA) is 35.5 Å². The lowest BCUT2D eigenvalue weighted by molar-refractivity contribution is 0.187. The standard InChI is InChI=1S/C10H22N2O/c1-3-12(10-4-5-10)7-6-11-8-9(2)13/h9-11,13H,3-8H2,1-2H3. The van der Waals surface area contributed by atoms with Crippen LogP contribution < -0.4 is 5.32 Å². The van der Waals surface area contributed by atoms with Gasteiger partial charge in [-0.05, 0) is 26.3 Å². The minimum absolute atomic E-state index is 0.226. The van der Waals surface area contributed by atoms with Gasteiger partial charge in [-0.25, -0.2) is 0 Å². The molecule has 0 spiro atoms. The minimum atomic E-state index is -0.226. The highest BCUT2D eigenvalue weighted by Gasteiger charge is 2.26. The second-order valence-electron chi connectivity index (χ2n) is 3.91. The van der Waals surface area contributed by atoms with E-state index >= 15 is 0 Å². The SMILES string of the molecule is CCN(CCNCC(C)O)C1CC1. The van der Waals surface area contributed by atoms with Crippen molar-refractivity contribution in [1.82, 2.24) is 10.2 Å². The zero-order valence-electron chi connectivity index (χ0n) is 8.79. The predicted molar refractivity (Wildman–Crippen MR) is 54.8 cm³/mol. The lowest BCUT2D eigenvalue weighted by atomic mass is 10.4. The molecule has 0 amide bonds. The van der Waals surface area contributed by atoms with Gasteiger partial charge in [-0.3, -0.25) is 4.90 Å². The monoisotopic (exact) mass is 186 g/mol. The van der Waals surface area contributed by atoms with Crippen LogP contribution in [0.15, 0.2) is 0 Å². The maximum atomic E-state index is 9.02. The number of rotatable bonds is 7. The van der Waals surface area contributed by atoms with E-state index in [4.69, 9.17) is 5.11 Å². The van der Waals surface area contributed by atoms with Crippen molar-refractivity contribution in [3.8, 4) is 0 Å². The van der Waals surface area contributed by atoms with Gasteiger partial charge in [0.25, 0.3) is 0 Å². The third-order valence-electron chi connectivity index (χ3n) is 2.48. The molecule has 13 heavy (non-hydrogen) atoms. The number of aliphatic hydroxyl groups excluding tert-OH is 1. The summed E-state index contributed by atoms with van der Waals surface area (Å²) >= 11 is 0. The minimum Gasteiger partial charge on any atom is -0.392 e. The first-order chi connectivity index (χ1) is 6.24. The summed E-state index contributed by atoms with van der Waals surface area (Å²) in [7, 11) is 0. The van der Waals surface area contributed by atoms with Crippen molar-refractivity contribution >= 4 is 0 Å². The van der Waals surface area contributed by atoms with E-state index in [0.29, 0.717) is 6.54 Å². The maximum Gasteiger partial charge on any atom is 0.0636 e. The van der Waals surface area contributed by atoms with Crippen LogP contribution in [0.2, 0.25) is 0 Å². The number of hydrogen-bond acceptors (Lipinski definition) is 3. The highest BCUT2D eigenvalue weighted by atomic mass is 16.3. The Morgan fingerprint density at radius 3 is 2.69 bits per heavy atom. The van der Waals surface area contributed by atoms with Crippen LogP contribution >= 0.6 is 0 Å². The molecule has 3 heteroatoms. The molecule has 0 heterocycles. The van der Waals surface area contributed by atoms with Crippen molar-refractivity contribution in [3.63, 3.8) is 0 Å². The molecular weight excluding hydrogens is 164 g/mol. The molecule has 1 saturated carbocycles. The van der Waals surface area contributed by atoms with Crippen molar-refractivity contribution in [2.75, 3.05) is 26.2 Å². The molecule has 78 valence electrons. The molecular formula is C10H22N2O. The Balaban J connectivity index is 1.96. The normalized spacial score (nSPS) is 19.4. The third-order valence-corrected chi connectivity index (χ3v) is 2.48. The van der Waals surface area contributed by atoms with Gasteiger partial charge >= 0.3 is 0 Å². The molecule has 1 rings (SSSR count). The molecule has 1 unspecified atom stereocenters. The summed E-state index contributed by atoms with van der Waals surface area (Å²) < 4.78 is 0. The van der Waals surface area contributed by atoms with Gasteiger partial charge in [0, 0.05) is 25.7 Å². The fourth-order valence-electron chi connectivity index (χ4n) is 1.57. The van der Waals surface area contributed by atoms with Crippen LogP contribution in [0.3, 0.4) is 0 Å². The molecule has 0 aromatic carbocycles. The van der Waals surface area contributed by atoms with E-state index in [0.717, 1.165) is 25.7 Å². The van der Waals surface area contributed by atoms with Gasteiger partial charge in [0.15, 0.2) is 0 Å². The Morgan fingerprint density at radius 2 is 2.23 bits per heavy atom. The molecule has 1 aliphatic rings. The predicted octanol–water partition coefficient (Wildman–Crippen LogP) is 0.441. The lowest BCUT2D eigenvalue weighted by Gasteiger charge is -2.19. The van der Waals surface area contributed by atoms with Crippen LogP contribution in [0, 0.1) is 0 Å². The Hall–Kier alpha value is -0.120. The first-order valence-electron chi connectivity index (χ1n) is 5.37. The fourth-order valence-corrected chi connectivity index (χ4v) is 1.57. The molecule has 0 radical (unpaired) electrons. The van der Waals surface area contributed by atoms with Crippen LogP contribution in [0.4, 0.5) is 0 Å². The second kappa shape index (κ2) is 5.58. The van der Waals surface area contributed by atoms with Crippen LogP contribution in [0.5, 0.6) is 0 Å². The highest BCUT2D eigenvalue weighted by molar-refractivity contribution is 4.83. The summed E-state index contributed by atoms with van der Waals surface area (Å²) in [6.45, 7) is 8.00. The van der Waals surface area contributed by atoms with E-state index in [2.05, 4.69) is 17.1 Å². The van der Waals surface area contributed by atoms with Crippen molar-refractivity contribution in [2.45, 2.75) is 38.8 Å². The van der Waals surface area contributed by atoms with Gasteiger partial charge in [-0.2, -0.15) is 0 Å². The summed E-state index contributed by atoms with van der Waals surface area (Å²) in [4.78, 5) is 2.51. The van der Waals surface area contributed by atoms with Crippen LogP contribution in [-0.4, -0.2) is 48.3 Å². The molecule has 0 aromatic heterocycles. The van der Waals surface area contributed by atoms with Crippen LogP contribution in [0.1, 0.15) is 26.7 Å². The number of nitrogens with zero attached hydrogens (tertiary/aromatic N) is 1. The summed E-state index contributed by atoms with van der Waals surface area (Å²) in [5, 5.41) is 12.3. The average molecular weight is 186 g/mol. The van der Waals surface area contributed by atoms with E-state index in [1.54, 1.807) is 0 Å². The number of hydrogen-bond donors (Lipinski definition) is 2. The Kier molecular flexibility index (Phi) is 4.70. The third kappa shape index (κ3) is 4.60. The molecule has 1 fully saturated rings. The summed E-state index contributed by atoms with van der Waals surface area (Å²) in [6.07, 6.45) is 2.53. The zero-order chi connectivity index (χ0) is 9.68. The van der Waals surface area contributed by atoms with Gasteiger partial charge in [-0.1, -0.05) is 6.92 Å². The van der Waals surface area contributed by atoms with E-state index in [9.17, 15) is 0 Å². The van der Waals surface area contributed by atoms with Gasteiger partial charge in [0.2, 0.25) is 0 Å². The largest absolute Gasteiger partial charge is 0.392 e. The summed E-state index contributed by atoms with van der Waals surface area (Å²) in [5.41, 5.74) is 0. The Labute approximate surface area is 81.1 Å². The van der Waals surface area contributed by atoms with Gasteiger partial charge in [-0.15, -0.1) is 0 Å². The first kappa shape index (κ1) is 11.0. The molecule has 0 aliphatic heterocycles. The van der Waals surface area contributed by atoms with Crippen molar-refractivity contribution in [1.29, 1.82) is 0 Å². The maximum absolute atomic E-state index is 9.02. The number of nitrogens with one attached hydrogen (secondary N) is 1. The van der Waals surface area contributed by atoms with E-state index in [1.807, 2.05) is 6.92 Å². The van der Waals surface area contributed by atoms with Crippen LogP contribution in [-0.2, 0) is 0 Å². The van der Waals surface area contributed by atoms with Crippen molar-refractivity contribution in [2.24, 2.45) is 0 Å². The Bertz CT molecular complexity index is 135. The zero-order valence-corrected chi connectivity index (χ0v) is 8.79. The lowest BCUT2D eigenvalue weighted by Crippen LogP contribution is -2.35. The second-order valence-corrected chi connectivity index (χ2v) is 3.91. The fraction of sp³-hybridized carbons (Fsp3) is 1.00. The van der Waals surface area contributed by atoms with Crippen molar-refractivity contribution in [3.05, 3.63) is 0 Å². The quantitative estimate of drug-likeness (QED) is 0.566. The molecule has 3 nitrogen and oxygen atoms in total. The van der Waals surface area contributed by atoms with Gasteiger partial charge < -0.3 is 10.4 Å². The first-order valence-corrected chi connectivity index (χ1v) is 5.37. The van der Waals surface area contributed by atoms with E-state index in [-0.39, 0.29) is 6.10 Å². The summed E-state index contributed by atoms with van der Waals surface area (Å²) in [6, 6.07) is 0.860. The number of aliphatic hydroxyl groups is 1. The average Bonchev–Trinajstić information content (AvgIpc) is 2.87. The van der Waals surface area contributed by atoms with E-state index < -0.39 is 0 Å². The van der Waals surface area contributed by atoms with Gasteiger partial charge in [0.05, 0.1) is 6.10 Å². The van der Waals surface area contributed by atoms with Gasteiger partial charge in [0.1, 0.15) is 0 Å². The highest BCUT2D eigenvalue weighted by Crippen LogP contribution is 2.25. The molecule has 2 N–H and O–H groups in total.